The van der Waals surface area contributed by atoms with Gasteiger partial charge in [-0.05, 0) is 28.9 Å². The Morgan fingerprint density at radius 3 is 2.60 bits per heavy atom. The number of nitro benzene ring substituents is 1. The number of esters is 1. The van der Waals surface area contributed by atoms with Gasteiger partial charge in [0.05, 0.1) is 17.6 Å². The predicted octanol–water partition coefficient (Wildman–Crippen LogP) is 2.45. The summed E-state index contributed by atoms with van der Waals surface area (Å²) in [6.07, 6.45) is 0. The van der Waals surface area contributed by atoms with Crippen molar-refractivity contribution >= 4 is 27.6 Å². The van der Waals surface area contributed by atoms with Gasteiger partial charge in [-0.1, -0.05) is 6.07 Å². The van der Waals surface area contributed by atoms with E-state index in [1.807, 2.05) is 0 Å². The van der Waals surface area contributed by atoms with Gasteiger partial charge in [0, 0.05) is 5.56 Å². The lowest BCUT2D eigenvalue weighted by Gasteiger charge is -2.04. The molecule has 15 heavy (non-hydrogen) atoms. The SMILES string of the molecule is COC(=O)c1ccc(C)c([N+](=O)[O-])c1Br. The molecule has 0 atom stereocenters. The number of ether oxygens (including phenoxy) is 1. The lowest BCUT2D eigenvalue weighted by atomic mass is 10.1. The van der Waals surface area contributed by atoms with Crippen LogP contribution in [0.4, 0.5) is 5.69 Å². The number of methoxy groups -OCH3 is 1. The highest BCUT2D eigenvalue weighted by atomic mass is 79.9. The molecule has 0 fully saturated rings. The molecule has 0 N–H and O–H groups in total. The fourth-order valence-electron chi connectivity index (χ4n) is 1.15. The first kappa shape index (κ1) is 11.6. The van der Waals surface area contributed by atoms with Gasteiger partial charge in [0.1, 0.15) is 4.47 Å². The molecule has 0 unspecified atom stereocenters. The summed E-state index contributed by atoms with van der Waals surface area (Å²) < 4.78 is 4.65. The Labute approximate surface area is 94.3 Å². The minimum absolute atomic E-state index is 0.113. The third-order valence-corrected chi connectivity index (χ3v) is 2.71. The molecular formula is C9H8BrNO4. The number of carbonyl (C=O) groups excluding carboxylic acids is 1. The highest BCUT2D eigenvalue weighted by Gasteiger charge is 2.22. The van der Waals surface area contributed by atoms with Crippen molar-refractivity contribution in [2.75, 3.05) is 7.11 Å². The molecule has 5 nitrogen and oxygen atoms in total. The highest BCUT2D eigenvalue weighted by Crippen LogP contribution is 2.32. The van der Waals surface area contributed by atoms with Crippen LogP contribution in [0, 0.1) is 17.0 Å². The summed E-state index contributed by atoms with van der Waals surface area (Å²) in [4.78, 5) is 21.4. The van der Waals surface area contributed by atoms with Crippen molar-refractivity contribution in [1.29, 1.82) is 0 Å². The van der Waals surface area contributed by atoms with Gasteiger partial charge in [0.2, 0.25) is 0 Å². The smallest absolute Gasteiger partial charge is 0.339 e. The Bertz CT molecular complexity index is 430. The summed E-state index contributed by atoms with van der Waals surface area (Å²) in [5.41, 5.74) is 0.521. The summed E-state index contributed by atoms with van der Waals surface area (Å²) in [5, 5.41) is 10.7. The van der Waals surface area contributed by atoms with E-state index in [2.05, 4.69) is 20.7 Å². The molecule has 0 bridgehead atoms. The van der Waals surface area contributed by atoms with E-state index >= 15 is 0 Å². The average Bonchev–Trinajstić information content (AvgIpc) is 2.16. The van der Waals surface area contributed by atoms with Crippen LogP contribution in [-0.2, 0) is 4.74 Å². The molecule has 0 aliphatic heterocycles. The second-order valence-electron chi connectivity index (χ2n) is 2.84. The van der Waals surface area contributed by atoms with Gasteiger partial charge in [-0.3, -0.25) is 10.1 Å². The zero-order valence-electron chi connectivity index (χ0n) is 8.11. The van der Waals surface area contributed by atoms with Gasteiger partial charge >= 0.3 is 5.97 Å². The standard InChI is InChI=1S/C9H8BrNO4/c1-5-3-4-6(9(12)15-2)7(10)8(5)11(13)14/h3-4H,1-2H3. The second-order valence-corrected chi connectivity index (χ2v) is 3.63. The molecule has 0 aliphatic rings. The highest BCUT2D eigenvalue weighted by molar-refractivity contribution is 9.10. The van der Waals surface area contributed by atoms with Crippen LogP contribution in [0.2, 0.25) is 0 Å². The Balaban J connectivity index is 3.41. The van der Waals surface area contributed by atoms with Gasteiger partial charge in [-0.25, -0.2) is 4.79 Å². The first-order valence-electron chi connectivity index (χ1n) is 4.00. The Kier molecular flexibility index (Phi) is 3.41. The molecule has 0 saturated heterocycles. The van der Waals surface area contributed by atoms with Crippen LogP contribution in [0.15, 0.2) is 16.6 Å². The van der Waals surface area contributed by atoms with Crippen LogP contribution in [0.3, 0.4) is 0 Å². The fourth-order valence-corrected chi connectivity index (χ4v) is 1.90. The minimum atomic E-state index is -0.607. The van der Waals surface area contributed by atoms with E-state index in [-0.39, 0.29) is 15.7 Å². The lowest BCUT2D eigenvalue weighted by Crippen LogP contribution is -2.05. The van der Waals surface area contributed by atoms with Gasteiger partial charge < -0.3 is 4.74 Å². The Hall–Kier alpha value is -1.43. The molecule has 6 heteroatoms. The molecule has 0 saturated carbocycles. The number of halogens is 1. The van der Waals surface area contributed by atoms with Crippen molar-refractivity contribution < 1.29 is 14.5 Å². The summed E-state index contributed by atoms with van der Waals surface area (Å²) in [6.45, 7) is 1.60. The summed E-state index contributed by atoms with van der Waals surface area (Å²) in [7, 11) is 1.22. The predicted molar refractivity (Wildman–Crippen MR) is 56.9 cm³/mol. The average molecular weight is 274 g/mol. The normalized spacial score (nSPS) is 9.80. The van der Waals surface area contributed by atoms with Gasteiger partial charge in [-0.2, -0.15) is 0 Å². The lowest BCUT2D eigenvalue weighted by molar-refractivity contribution is -0.386. The third-order valence-electron chi connectivity index (χ3n) is 1.91. The number of nitrogens with zero attached hydrogens (tertiary/aromatic N) is 1. The quantitative estimate of drug-likeness (QED) is 0.472. The topological polar surface area (TPSA) is 69.4 Å². The van der Waals surface area contributed by atoms with Crippen molar-refractivity contribution in [3.8, 4) is 0 Å². The van der Waals surface area contributed by atoms with Crippen LogP contribution in [0.1, 0.15) is 15.9 Å². The third kappa shape index (κ3) is 2.15. The minimum Gasteiger partial charge on any atom is -0.465 e. The molecule has 0 amide bonds. The fraction of sp³-hybridized carbons (Fsp3) is 0.222. The van der Waals surface area contributed by atoms with E-state index in [1.165, 1.54) is 19.2 Å². The zero-order valence-corrected chi connectivity index (χ0v) is 9.70. The van der Waals surface area contributed by atoms with E-state index in [0.717, 1.165) is 0 Å². The van der Waals surface area contributed by atoms with E-state index < -0.39 is 10.9 Å². The maximum absolute atomic E-state index is 11.2. The van der Waals surface area contributed by atoms with Gasteiger partial charge in [0.25, 0.3) is 5.69 Å². The molecule has 0 heterocycles. The second kappa shape index (κ2) is 4.39. The first-order chi connectivity index (χ1) is 6.99. The maximum atomic E-state index is 11.2. The first-order valence-corrected chi connectivity index (χ1v) is 4.80. The van der Waals surface area contributed by atoms with Gasteiger partial charge in [-0.15, -0.1) is 0 Å². The Morgan fingerprint density at radius 1 is 1.53 bits per heavy atom. The van der Waals surface area contributed by atoms with Crippen molar-refractivity contribution in [2.45, 2.75) is 6.92 Å². The van der Waals surface area contributed by atoms with Crippen molar-refractivity contribution in [2.24, 2.45) is 0 Å². The summed E-state index contributed by atoms with van der Waals surface area (Å²) in [6, 6.07) is 2.99. The zero-order chi connectivity index (χ0) is 11.6. The number of hydrogen-bond donors (Lipinski definition) is 0. The maximum Gasteiger partial charge on any atom is 0.339 e. The number of hydrogen-bond acceptors (Lipinski definition) is 4. The molecular weight excluding hydrogens is 266 g/mol. The van der Waals surface area contributed by atoms with Crippen molar-refractivity contribution in [3.63, 3.8) is 0 Å². The number of benzene rings is 1. The molecule has 1 aromatic rings. The van der Waals surface area contributed by atoms with Crippen LogP contribution in [0.5, 0.6) is 0 Å². The van der Waals surface area contributed by atoms with Crippen LogP contribution in [0.25, 0.3) is 0 Å². The van der Waals surface area contributed by atoms with Gasteiger partial charge in [0.15, 0.2) is 0 Å². The number of rotatable bonds is 2. The van der Waals surface area contributed by atoms with Crippen LogP contribution < -0.4 is 0 Å². The Morgan fingerprint density at radius 2 is 2.13 bits per heavy atom. The molecule has 1 rings (SSSR count). The largest absolute Gasteiger partial charge is 0.465 e. The van der Waals surface area contributed by atoms with E-state index in [9.17, 15) is 14.9 Å². The summed E-state index contributed by atoms with van der Waals surface area (Å²) >= 11 is 3.03. The van der Waals surface area contributed by atoms with E-state index in [4.69, 9.17) is 0 Å². The molecule has 1 aromatic carbocycles. The molecule has 0 aliphatic carbocycles. The number of nitro groups is 1. The molecule has 0 radical (unpaired) electrons. The molecule has 0 spiro atoms. The van der Waals surface area contributed by atoms with Crippen molar-refractivity contribution in [1.82, 2.24) is 0 Å². The van der Waals surface area contributed by atoms with Crippen LogP contribution >= 0.6 is 15.9 Å². The monoisotopic (exact) mass is 273 g/mol. The van der Waals surface area contributed by atoms with Crippen molar-refractivity contribution in [3.05, 3.63) is 37.8 Å². The molecule has 80 valence electrons. The number of aryl methyl sites for hydroxylation is 1. The van der Waals surface area contributed by atoms with E-state index in [1.54, 1.807) is 6.92 Å². The molecule has 0 aromatic heterocycles. The van der Waals surface area contributed by atoms with E-state index in [0.29, 0.717) is 5.56 Å². The summed E-state index contributed by atoms with van der Waals surface area (Å²) in [5.74, 6) is -0.607. The van der Waals surface area contributed by atoms with Crippen LogP contribution in [-0.4, -0.2) is 18.0 Å². The number of carbonyl (C=O) groups is 1.